The van der Waals surface area contributed by atoms with Crippen molar-refractivity contribution in [1.29, 1.82) is 0 Å². The van der Waals surface area contributed by atoms with Gasteiger partial charge in [0.05, 0.1) is 11.6 Å². The first-order chi connectivity index (χ1) is 8.43. The SMILES string of the molecule is CN=C(NCC(C)C)N(C)Cc1cc(Cl)cn1C.I. The molecule has 6 heteroatoms. The number of aryl methyl sites for hydroxylation is 1. The summed E-state index contributed by atoms with van der Waals surface area (Å²) in [5, 5.41) is 4.12. The molecule has 0 saturated carbocycles. The van der Waals surface area contributed by atoms with Crippen LogP contribution in [0.1, 0.15) is 19.5 Å². The van der Waals surface area contributed by atoms with Crippen LogP contribution in [-0.4, -0.2) is 36.1 Å². The first kappa shape index (κ1) is 18.6. The minimum atomic E-state index is 0. The van der Waals surface area contributed by atoms with Gasteiger partial charge in [0, 0.05) is 39.6 Å². The largest absolute Gasteiger partial charge is 0.356 e. The molecular formula is C13H24ClIN4. The van der Waals surface area contributed by atoms with E-state index in [0.717, 1.165) is 29.8 Å². The molecule has 0 unspecified atom stereocenters. The summed E-state index contributed by atoms with van der Waals surface area (Å²) < 4.78 is 2.04. The third-order valence-corrected chi connectivity index (χ3v) is 2.92. The lowest BCUT2D eigenvalue weighted by Crippen LogP contribution is -2.40. The van der Waals surface area contributed by atoms with Gasteiger partial charge >= 0.3 is 0 Å². The molecule has 1 aromatic heterocycles. The van der Waals surface area contributed by atoms with Gasteiger partial charge in [0.15, 0.2) is 5.96 Å². The maximum atomic E-state index is 5.98. The van der Waals surface area contributed by atoms with Crippen molar-refractivity contribution in [2.45, 2.75) is 20.4 Å². The van der Waals surface area contributed by atoms with E-state index in [2.05, 4.69) is 29.1 Å². The van der Waals surface area contributed by atoms with E-state index in [1.807, 2.05) is 30.9 Å². The van der Waals surface area contributed by atoms with Gasteiger partial charge in [-0.2, -0.15) is 0 Å². The Hall–Kier alpha value is -0.430. The Kier molecular flexibility index (Phi) is 8.49. The molecule has 1 rings (SSSR count). The van der Waals surface area contributed by atoms with Crippen molar-refractivity contribution >= 4 is 41.5 Å². The van der Waals surface area contributed by atoms with E-state index in [0.29, 0.717) is 5.92 Å². The van der Waals surface area contributed by atoms with Crippen LogP contribution in [0.4, 0.5) is 0 Å². The molecule has 4 nitrogen and oxygen atoms in total. The zero-order valence-electron chi connectivity index (χ0n) is 12.3. The quantitative estimate of drug-likeness (QED) is 0.480. The number of hydrogen-bond donors (Lipinski definition) is 1. The minimum absolute atomic E-state index is 0. The highest BCUT2D eigenvalue weighted by Gasteiger charge is 2.09. The molecule has 0 amide bonds. The number of nitrogens with zero attached hydrogens (tertiary/aromatic N) is 3. The number of halogens is 2. The van der Waals surface area contributed by atoms with Crippen LogP contribution >= 0.6 is 35.6 Å². The molecule has 1 N–H and O–H groups in total. The van der Waals surface area contributed by atoms with Crippen molar-refractivity contribution in [3.63, 3.8) is 0 Å². The Morgan fingerprint density at radius 2 is 2.16 bits per heavy atom. The summed E-state index contributed by atoms with van der Waals surface area (Å²) in [6.45, 7) is 6.06. The Balaban J connectivity index is 0.00000324. The van der Waals surface area contributed by atoms with E-state index in [1.54, 1.807) is 7.05 Å². The van der Waals surface area contributed by atoms with Gasteiger partial charge in [-0.1, -0.05) is 25.4 Å². The van der Waals surface area contributed by atoms with Crippen LogP contribution in [0.3, 0.4) is 0 Å². The molecule has 0 atom stereocenters. The predicted octanol–water partition coefficient (Wildman–Crippen LogP) is 2.96. The molecule has 0 bridgehead atoms. The van der Waals surface area contributed by atoms with E-state index in [9.17, 15) is 0 Å². The zero-order chi connectivity index (χ0) is 13.7. The molecular weight excluding hydrogens is 375 g/mol. The Labute approximate surface area is 138 Å². The Bertz CT molecular complexity index is 415. The van der Waals surface area contributed by atoms with Gasteiger partial charge in [-0.15, -0.1) is 24.0 Å². The summed E-state index contributed by atoms with van der Waals surface area (Å²) in [7, 11) is 5.83. The fourth-order valence-electron chi connectivity index (χ4n) is 1.72. The second-order valence-electron chi connectivity index (χ2n) is 4.94. The third kappa shape index (κ3) is 6.03. The lowest BCUT2D eigenvalue weighted by molar-refractivity contribution is 0.454. The maximum absolute atomic E-state index is 5.98. The zero-order valence-corrected chi connectivity index (χ0v) is 15.4. The summed E-state index contributed by atoms with van der Waals surface area (Å²) in [6.07, 6.45) is 1.91. The average molecular weight is 399 g/mol. The number of nitrogens with one attached hydrogen (secondary N) is 1. The van der Waals surface area contributed by atoms with Gasteiger partial charge < -0.3 is 14.8 Å². The molecule has 0 radical (unpaired) electrons. The van der Waals surface area contributed by atoms with Crippen molar-refractivity contribution in [2.24, 2.45) is 18.0 Å². The molecule has 0 aliphatic carbocycles. The van der Waals surface area contributed by atoms with E-state index in [4.69, 9.17) is 11.6 Å². The van der Waals surface area contributed by atoms with Gasteiger partial charge in [0.25, 0.3) is 0 Å². The number of hydrogen-bond acceptors (Lipinski definition) is 1. The molecule has 110 valence electrons. The van der Waals surface area contributed by atoms with Gasteiger partial charge in [0.1, 0.15) is 0 Å². The molecule has 0 aliphatic heterocycles. The highest BCUT2D eigenvalue weighted by molar-refractivity contribution is 14.0. The normalized spacial score (nSPS) is 11.4. The fourth-order valence-corrected chi connectivity index (χ4v) is 1.99. The van der Waals surface area contributed by atoms with Crippen molar-refractivity contribution in [3.05, 3.63) is 23.0 Å². The molecule has 1 heterocycles. The van der Waals surface area contributed by atoms with Gasteiger partial charge in [0.2, 0.25) is 0 Å². The van der Waals surface area contributed by atoms with Crippen LogP contribution in [0.25, 0.3) is 0 Å². The number of rotatable bonds is 4. The third-order valence-electron chi connectivity index (χ3n) is 2.72. The van der Waals surface area contributed by atoms with E-state index >= 15 is 0 Å². The van der Waals surface area contributed by atoms with Gasteiger partial charge in [-0.3, -0.25) is 4.99 Å². The smallest absolute Gasteiger partial charge is 0.193 e. The van der Waals surface area contributed by atoms with E-state index < -0.39 is 0 Å². The van der Waals surface area contributed by atoms with Crippen LogP contribution in [0, 0.1) is 5.92 Å². The molecule has 0 aliphatic rings. The molecule has 0 spiro atoms. The van der Waals surface area contributed by atoms with E-state index in [1.165, 1.54) is 0 Å². The topological polar surface area (TPSA) is 32.6 Å². The monoisotopic (exact) mass is 398 g/mol. The second-order valence-corrected chi connectivity index (χ2v) is 5.38. The van der Waals surface area contributed by atoms with Crippen molar-refractivity contribution in [2.75, 3.05) is 20.6 Å². The van der Waals surface area contributed by atoms with Gasteiger partial charge in [-0.05, 0) is 12.0 Å². The molecule has 0 fully saturated rings. The predicted molar refractivity (Wildman–Crippen MR) is 93.5 cm³/mol. The molecule has 1 aromatic rings. The number of guanidine groups is 1. The lowest BCUT2D eigenvalue weighted by atomic mass is 10.2. The maximum Gasteiger partial charge on any atom is 0.193 e. The number of aromatic nitrogens is 1. The highest BCUT2D eigenvalue weighted by atomic mass is 127. The molecule has 0 saturated heterocycles. The first-order valence-corrected chi connectivity index (χ1v) is 6.54. The minimum Gasteiger partial charge on any atom is -0.356 e. The fraction of sp³-hybridized carbons (Fsp3) is 0.615. The summed E-state index contributed by atoms with van der Waals surface area (Å²) in [6, 6.07) is 1.98. The van der Waals surface area contributed by atoms with Gasteiger partial charge in [-0.25, -0.2) is 0 Å². The molecule has 19 heavy (non-hydrogen) atoms. The Morgan fingerprint density at radius 3 is 2.58 bits per heavy atom. The van der Waals surface area contributed by atoms with Crippen molar-refractivity contribution in [3.8, 4) is 0 Å². The number of aliphatic imine (C=N–C) groups is 1. The van der Waals surface area contributed by atoms with Crippen LogP contribution in [0.5, 0.6) is 0 Å². The Morgan fingerprint density at radius 1 is 1.53 bits per heavy atom. The average Bonchev–Trinajstić information content (AvgIpc) is 2.57. The molecule has 0 aromatic carbocycles. The highest BCUT2D eigenvalue weighted by Crippen LogP contribution is 2.14. The van der Waals surface area contributed by atoms with Crippen molar-refractivity contribution in [1.82, 2.24) is 14.8 Å². The summed E-state index contributed by atoms with van der Waals surface area (Å²) in [5.41, 5.74) is 1.16. The van der Waals surface area contributed by atoms with Crippen LogP contribution in [0.15, 0.2) is 17.3 Å². The van der Waals surface area contributed by atoms with Crippen molar-refractivity contribution < 1.29 is 0 Å². The summed E-state index contributed by atoms with van der Waals surface area (Å²) in [5.74, 6) is 1.50. The van der Waals surface area contributed by atoms with Crippen LogP contribution in [0.2, 0.25) is 5.02 Å². The lowest BCUT2D eigenvalue weighted by Gasteiger charge is -2.23. The summed E-state index contributed by atoms with van der Waals surface area (Å²) in [4.78, 5) is 6.37. The summed E-state index contributed by atoms with van der Waals surface area (Å²) >= 11 is 5.98. The van der Waals surface area contributed by atoms with E-state index in [-0.39, 0.29) is 24.0 Å². The van der Waals surface area contributed by atoms with Crippen LogP contribution < -0.4 is 5.32 Å². The van der Waals surface area contributed by atoms with Crippen LogP contribution in [-0.2, 0) is 13.6 Å². The standard InChI is InChI=1S/C13H23ClN4.HI/c1-10(2)7-16-13(15-3)18(5)9-12-6-11(14)8-17(12)4;/h6,8,10H,7,9H2,1-5H3,(H,15,16);1H. The first-order valence-electron chi connectivity index (χ1n) is 6.16. The second kappa shape index (κ2) is 8.68.